The number of benzene rings is 2. The number of hydrogen-bond donors (Lipinski definition) is 0. The van der Waals surface area contributed by atoms with Crippen molar-refractivity contribution in [2.45, 2.75) is 44.6 Å². The summed E-state index contributed by atoms with van der Waals surface area (Å²) in [5.41, 5.74) is 1.82. The number of fused-ring (bicyclic) bond motifs is 1. The van der Waals surface area contributed by atoms with Crippen LogP contribution >= 0.6 is 0 Å². The van der Waals surface area contributed by atoms with Crippen molar-refractivity contribution in [3.63, 3.8) is 0 Å². The van der Waals surface area contributed by atoms with E-state index in [1.807, 2.05) is 29.2 Å². The van der Waals surface area contributed by atoms with Gasteiger partial charge in [0.05, 0.1) is 7.11 Å². The molecule has 7 heteroatoms. The number of amides is 1. The van der Waals surface area contributed by atoms with Crippen molar-refractivity contribution >= 4 is 5.91 Å². The van der Waals surface area contributed by atoms with Crippen LogP contribution in [0, 0.1) is 0 Å². The van der Waals surface area contributed by atoms with Gasteiger partial charge in [0, 0.05) is 19.0 Å². The van der Waals surface area contributed by atoms with E-state index in [4.69, 9.17) is 9.47 Å². The highest BCUT2D eigenvalue weighted by molar-refractivity contribution is 5.83. The lowest BCUT2D eigenvalue weighted by atomic mass is 10.1. The van der Waals surface area contributed by atoms with Crippen LogP contribution in [0.3, 0.4) is 0 Å². The number of ether oxygens (including phenoxy) is 3. The van der Waals surface area contributed by atoms with Crippen LogP contribution in [0.5, 0.6) is 17.2 Å². The summed E-state index contributed by atoms with van der Waals surface area (Å²) in [7, 11) is 1.39. The maximum atomic E-state index is 13.1. The van der Waals surface area contributed by atoms with E-state index in [-0.39, 0.29) is 23.4 Å². The first-order valence-electron chi connectivity index (χ1n) is 9.22. The summed E-state index contributed by atoms with van der Waals surface area (Å²) in [4.78, 5) is 14.9. The molecular weight excluding hydrogens is 368 g/mol. The Hall–Kier alpha value is -2.83. The van der Waals surface area contributed by atoms with Crippen LogP contribution in [-0.4, -0.2) is 36.7 Å². The smallest absolute Gasteiger partial charge is 0.387 e. The van der Waals surface area contributed by atoms with Gasteiger partial charge >= 0.3 is 6.61 Å². The minimum Gasteiger partial charge on any atom is -0.493 e. The largest absolute Gasteiger partial charge is 0.493 e. The predicted octanol–water partition coefficient (Wildman–Crippen LogP) is 3.79. The van der Waals surface area contributed by atoms with Crippen LogP contribution in [-0.2, 0) is 17.8 Å². The number of nitrogens with zero attached hydrogens (tertiary/aromatic N) is 1. The number of para-hydroxylation sites is 1. The van der Waals surface area contributed by atoms with E-state index in [1.165, 1.54) is 13.2 Å². The summed E-state index contributed by atoms with van der Waals surface area (Å²) in [6.45, 7) is -2.56. The topological polar surface area (TPSA) is 48.0 Å². The molecule has 4 rings (SSSR count). The lowest BCUT2D eigenvalue weighted by Gasteiger charge is -2.25. The zero-order valence-electron chi connectivity index (χ0n) is 15.4. The van der Waals surface area contributed by atoms with Crippen molar-refractivity contribution in [1.29, 1.82) is 0 Å². The second kappa shape index (κ2) is 7.66. The Balaban J connectivity index is 1.49. The number of alkyl halides is 2. The van der Waals surface area contributed by atoms with Crippen LogP contribution in [0.4, 0.5) is 8.78 Å². The number of methoxy groups -OCH3 is 1. The Kier molecular flexibility index (Phi) is 5.07. The third-order valence-electron chi connectivity index (χ3n) is 4.99. The predicted molar refractivity (Wildman–Crippen MR) is 97.8 cm³/mol. The first-order valence-corrected chi connectivity index (χ1v) is 9.22. The first-order chi connectivity index (χ1) is 13.5. The second-order valence-electron chi connectivity index (χ2n) is 6.98. The van der Waals surface area contributed by atoms with E-state index in [0.717, 1.165) is 29.7 Å². The number of carbonyl (C=O) groups is 1. The Morgan fingerprint density at radius 3 is 2.68 bits per heavy atom. The van der Waals surface area contributed by atoms with E-state index in [0.29, 0.717) is 13.0 Å². The van der Waals surface area contributed by atoms with Crippen LogP contribution in [0.2, 0.25) is 0 Å². The Labute approximate surface area is 161 Å². The Morgan fingerprint density at radius 2 is 2.00 bits per heavy atom. The van der Waals surface area contributed by atoms with Gasteiger partial charge in [0.15, 0.2) is 17.6 Å². The molecule has 5 nitrogen and oxygen atoms in total. The molecule has 0 unspecified atom stereocenters. The van der Waals surface area contributed by atoms with Gasteiger partial charge in [0.25, 0.3) is 5.91 Å². The molecule has 0 saturated heterocycles. The molecule has 0 radical (unpaired) electrons. The van der Waals surface area contributed by atoms with Gasteiger partial charge in [-0.3, -0.25) is 4.79 Å². The normalized spacial score (nSPS) is 17.8. The molecule has 1 aliphatic heterocycles. The van der Waals surface area contributed by atoms with Gasteiger partial charge in [-0.1, -0.05) is 24.3 Å². The van der Waals surface area contributed by atoms with Gasteiger partial charge < -0.3 is 19.1 Å². The van der Waals surface area contributed by atoms with E-state index in [1.54, 1.807) is 12.1 Å². The van der Waals surface area contributed by atoms with Gasteiger partial charge in [-0.25, -0.2) is 0 Å². The van der Waals surface area contributed by atoms with Gasteiger partial charge in [0.1, 0.15) is 5.75 Å². The van der Waals surface area contributed by atoms with E-state index < -0.39 is 12.7 Å². The molecule has 0 aromatic heterocycles. The van der Waals surface area contributed by atoms with E-state index in [2.05, 4.69) is 4.74 Å². The fourth-order valence-corrected chi connectivity index (χ4v) is 3.48. The van der Waals surface area contributed by atoms with Crippen molar-refractivity contribution < 1.29 is 27.8 Å². The van der Waals surface area contributed by atoms with Crippen LogP contribution in [0.15, 0.2) is 42.5 Å². The third kappa shape index (κ3) is 3.88. The van der Waals surface area contributed by atoms with E-state index in [9.17, 15) is 13.6 Å². The molecule has 1 heterocycles. The summed E-state index contributed by atoms with van der Waals surface area (Å²) in [6.07, 6.45) is 1.94. The van der Waals surface area contributed by atoms with Crippen LogP contribution in [0.1, 0.15) is 24.0 Å². The number of halogens is 2. The first kappa shape index (κ1) is 18.5. The summed E-state index contributed by atoms with van der Waals surface area (Å²) in [5, 5.41) is 0. The summed E-state index contributed by atoms with van der Waals surface area (Å²) >= 11 is 0. The molecule has 1 aliphatic carbocycles. The van der Waals surface area contributed by atoms with Gasteiger partial charge in [-0.2, -0.15) is 8.78 Å². The number of carbonyl (C=O) groups excluding carboxylic acids is 1. The monoisotopic (exact) mass is 389 g/mol. The average Bonchev–Trinajstić information content (AvgIpc) is 3.43. The number of hydrogen-bond acceptors (Lipinski definition) is 4. The molecule has 0 N–H and O–H groups in total. The summed E-state index contributed by atoms with van der Waals surface area (Å²) in [6, 6.07) is 12.6. The molecule has 1 atom stereocenters. The van der Waals surface area contributed by atoms with Gasteiger partial charge in [-0.05, 0) is 42.2 Å². The standard InChI is InChI=1S/C21H21F2NO4/c1-26-18-10-13(6-9-17(18)28-21(22)23)12-24(15-7-8-15)20(25)19-11-14-4-2-3-5-16(14)27-19/h2-6,9-10,15,19,21H,7-8,11-12H2,1H3/t19-/m1/s1. The van der Waals surface area contributed by atoms with Crippen molar-refractivity contribution in [3.05, 3.63) is 53.6 Å². The fraction of sp³-hybridized carbons (Fsp3) is 0.381. The number of rotatable bonds is 7. The Bertz CT molecular complexity index is 844. The molecule has 1 amide bonds. The zero-order chi connectivity index (χ0) is 19.7. The average molecular weight is 389 g/mol. The molecule has 1 fully saturated rings. The molecule has 148 valence electrons. The SMILES string of the molecule is COc1cc(CN(C(=O)[C@H]2Cc3ccccc3O2)C2CC2)ccc1OC(F)F. The van der Waals surface area contributed by atoms with Crippen molar-refractivity contribution in [1.82, 2.24) is 4.90 Å². The van der Waals surface area contributed by atoms with Crippen molar-refractivity contribution in [2.75, 3.05) is 7.11 Å². The lowest BCUT2D eigenvalue weighted by molar-refractivity contribution is -0.139. The Morgan fingerprint density at radius 1 is 1.21 bits per heavy atom. The zero-order valence-corrected chi connectivity index (χ0v) is 15.4. The van der Waals surface area contributed by atoms with Crippen LogP contribution in [0.25, 0.3) is 0 Å². The highest BCUT2D eigenvalue weighted by Crippen LogP contribution is 2.35. The van der Waals surface area contributed by atoms with E-state index >= 15 is 0 Å². The molecule has 28 heavy (non-hydrogen) atoms. The van der Waals surface area contributed by atoms with Crippen molar-refractivity contribution in [3.8, 4) is 17.2 Å². The second-order valence-corrected chi connectivity index (χ2v) is 6.98. The third-order valence-corrected chi connectivity index (χ3v) is 4.99. The molecule has 2 aliphatic rings. The molecule has 0 spiro atoms. The maximum absolute atomic E-state index is 13.1. The summed E-state index contributed by atoms with van der Waals surface area (Å²) < 4.78 is 40.5. The summed E-state index contributed by atoms with van der Waals surface area (Å²) in [5.74, 6) is 0.892. The molecule has 2 aromatic rings. The molecular formula is C21H21F2NO4. The lowest BCUT2D eigenvalue weighted by Crippen LogP contribution is -2.42. The molecule has 1 saturated carbocycles. The highest BCUT2D eigenvalue weighted by Gasteiger charge is 2.39. The minimum atomic E-state index is -2.93. The quantitative estimate of drug-likeness (QED) is 0.723. The molecule has 2 aromatic carbocycles. The fourth-order valence-electron chi connectivity index (χ4n) is 3.48. The van der Waals surface area contributed by atoms with Crippen LogP contribution < -0.4 is 14.2 Å². The highest BCUT2D eigenvalue weighted by atomic mass is 19.3. The molecule has 0 bridgehead atoms. The maximum Gasteiger partial charge on any atom is 0.387 e. The minimum absolute atomic E-state index is 0.0277. The van der Waals surface area contributed by atoms with Gasteiger partial charge in [-0.15, -0.1) is 0 Å². The van der Waals surface area contributed by atoms with Gasteiger partial charge in [0.2, 0.25) is 0 Å². The van der Waals surface area contributed by atoms with Crippen molar-refractivity contribution in [2.24, 2.45) is 0 Å².